The molecule has 2 aromatic carbocycles. The van der Waals surface area contributed by atoms with Crippen LogP contribution in [-0.2, 0) is 38.6 Å². The summed E-state index contributed by atoms with van der Waals surface area (Å²) < 4.78 is 6.08. The third-order valence-corrected chi connectivity index (χ3v) is 6.77. The van der Waals surface area contributed by atoms with Crippen LogP contribution >= 0.6 is 0 Å². The molecular weight excluding hydrogens is 430 g/mol. The number of ether oxygens (including phenoxy) is 1. The molecule has 2 aromatic rings. The highest BCUT2D eigenvalue weighted by atomic mass is 16.5. The molecule has 3 amide bonds. The van der Waals surface area contributed by atoms with Crippen molar-refractivity contribution in [2.45, 2.75) is 77.2 Å². The maximum absolute atomic E-state index is 13.5. The van der Waals surface area contributed by atoms with Crippen molar-refractivity contribution < 1.29 is 19.1 Å². The summed E-state index contributed by atoms with van der Waals surface area (Å²) in [7, 11) is 0. The van der Waals surface area contributed by atoms with Crippen LogP contribution < -0.4 is 16.0 Å². The van der Waals surface area contributed by atoms with Gasteiger partial charge in [-0.3, -0.25) is 19.3 Å². The number of nitrogens with zero attached hydrogens (tertiary/aromatic N) is 1. The Bertz CT molecular complexity index is 1080. The normalized spacial score (nSPS) is 18.7. The Labute approximate surface area is 200 Å². The Morgan fingerprint density at radius 1 is 1.18 bits per heavy atom. The zero-order chi connectivity index (χ0) is 24.2. The highest BCUT2D eigenvalue weighted by Gasteiger charge is 2.41. The van der Waals surface area contributed by atoms with Crippen molar-refractivity contribution in [3.8, 4) is 0 Å². The molecule has 0 aromatic heterocycles. The summed E-state index contributed by atoms with van der Waals surface area (Å²) in [5.41, 5.74) is 10.6. The molecule has 2 heterocycles. The molecule has 180 valence electrons. The molecule has 3 N–H and O–H groups in total. The lowest BCUT2D eigenvalue weighted by Crippen LogP contribution is -2.53. The maximum atomic E-state index is 13.5. The smallest absolute Gasteiger partial charge is 0.243 e. The lowest BCUT2D eigenvalue weighted by molar-refractivity contribution is -0.128. The summed E-state index contributed by atoms with van der Waals surface area (Å²) in [5, 5.41) is 3.08. The summed E-state index contributed by atoms with van der Waals surface area (Å²) in [4.78, 5) is 39.6. The number of aryl methyl sites for hydroxylation is 2. The van der Waals surface area contributed by atoms with Crippen molar-refractivity contribution in [2.24, 2.45) is 5.73 Å². The highest BCUT2D eigenvalue weighted by Crippen LogP contribution is 2.39. The van der Waals surface area contributed by atoms with E-state index in [2.05, 4.69) is 11.4 Å². The van der Waals surface area contributed by atoms with Gasteiger partial charge >= 0.3 is 0 Å². The summed E-state index contributed by atoms with van der Waals surface area (Å²) in [6, 6.07) is 13.1. The number of primary amides is 1. The van der Waals surface area contributed by atoms with Gasteiger partial charge < -0.3 is 15.8 Å². The molecule has 7 nitrogen and oxygen atoms in total. The summed E-state index contributed by atoms with van der Waals surface area (Å²) in [6.45, 7) is 4.31. The van der Waals surface area contributed by atoms with Crippen LogP contribution in [0.4, 0.5) is 5.69 Å². The van der Waals surface area contributed by atoms with Gasteiger partial charge in [0.2, 0.25) is 17.7 Å². The number of amides is 3. The van der Waals surface area contributed by atoms with Crippen LogP contribution in [0.25, 0.3) is 0 Å². The molecule has 7 heteroatoms. The monoisotopic (exact) mass is 463 g/mol. The average molecular weight is 464 g/mol. The first-order valence-corrected chi connectivity index (χ1v) is 12.0. The van der Waals surface area contributed by atoms with Gasteiger partial charge in [-0.2, -0.15) is 0 Å². The van der Waals surface area contributed by atoms with E-state index in [4.69, 9.17) is 10.5 Å². The minimum Gasteiger partial charge on any atom is -0.372 e. The van der Waals surface area contributed by atoms with Gasteiger partial charge in [0.15, 0.2) is 0 Å². The van der Waals surface area contributed by atoms with Crippen LogP contribution in [0.2, 0.25) is 0 Å². The predicted octanol–water partition coefficient (Wildman–Crippen LogP) is 2.94. The van der Waals surface area contributed by atoms with Crippen molar-refractivity contribution in [1.82, 2.24) is 5.32 Å². The number of nitrogens with two attached hydrogens (primary N) is 1. The van der Waals surface area contributed by atoms with Gasteiger partial charge in [0.05, 0.1) is 24.4 Å². The lowest BCUT2D eigenvalue weighted by Gasteiger charge is -2.29. The molecule has 3 atom stereocenters. The first kappa shape index (κ1) is 24.0. The molecule has 0 saturated carbocycles. The third kappa shape index (κ3) is 5.30. The second-order valence-corrected chi connectivity index (χ2v) is 9.39. The second kappa shape index (κ2) is 10.4. The minimum atomic E-state index is -0.596. The number of carbonyl (C=O) groups excluding carboxylic acids is 3. The van der Waals surface area contributed by atoms with Crippen LogP contribution in [0.5, 0.6) is 0 Å². The molecule has 2 aliphatic rings. The van der Waals surface area contributed by atoms with E-state index in [9.17, 15) is 14.4 Å². The van der Waals surface area contributed by atoms with Crippen molar-refractivity contribution in [2.75, 3.05) is 4.90 Å². The number of carbonyl (C=O) groups is 3. The number of nitrogens with one attached hydrogen (secondary N) is 1. The third-order valence-electron chi connectivity index (χ3n) is 6.77. The molecule has 0 bridgehead atoms. The van der Waals surface area contributed by atoms with Gasteiger partial charge in [-0.25, -0.2) is 0 Å². The van der Waals surface area contributed by atoms with Crippen LogP contribution in [0.15, 0.2) is 42.5 Å². The Morgan fingerprint density at radius 3 is 2.71 bits per heavy atom. The zero-order valence-electron chi connectivity index (χ0n) is 19.9. The van der Waals surface area contributed by atoms with Gasteiger partial charge in [-0.1, -0.05) is 48.0 Å². The number of rotatable bonds is 9. The molecule has 2 aliphatic heterocycles. The number of anilines is 1. The summed E-state index contributed by atoms with van der Waals surface area (Å²) >= 11 is 0. The fourth-order valence-electron chi connectivity index (χ4n) is 4.98. The molecule has 0 fully saturated rings. The average Bonchev–Trinajstić information content (AvgIpc) is 3.12. The topological polar surface area (TPSA) is 102 Å². The van der Waals surface area contributed by atoms with E-state index in [0.29, 0.717) is 25.9 Å². The van der Waals surface area contributed by atoms with Crippen molar-refractivity contribution in [1.29, 1.82) is 0 Å². The van der Waals surface area contributed by atoms with Crippen LogP contribution in [0.3, 0.4) is 0 Å². The van der Waals surface area contributed by atoms with E-state index < -0.39 is 18.0 Å². The largest absolute Gasteiger partial charge is 0.372 e. The Hall–Kier alpha value is -3.19. The van der Waals surface area contributed by atoms with Crippen molar-refractivity contribution in [3.05, 3.63) is 64.7 Å². The van der Waals surface area contributed by atoms with E-state index in [1.807, 2.05) is 50.2 Å². The van der Waals surface area contributed by atoms with Gasteiger partial charge in [0, 0.05) is 19.3 Å². The summed E-state index contributed by atoms with van der Waals surface area (Å²) in [6.07, 6.45) is 2.70. The molecule has 0 saturated heterocycles. The number of para-hydroxylation sites is 1. The Balaban J connectivity index is 1.48. The maximum Gasteiger partial charge on any atom is 0.243 e. The molecule has 34 heavy (non-hydrogen) atoms. The van der Waals surface area contributed by atoms with Gasteiger partial charge in [0.25, 0.3) is 0 Å². The molecule has 0 radical (unpaired) electrons. The zero-order valence-corrected chi connectivity index (χ0v) is 19.9. The number of benzene rings is 2. The first-order valence-electron chi connectivity index (χ1n) is 12.0. The van der Waals surface area contributed by atoms with E-state index in [-0.39, 0.29) is 24.3 Å². The highest BCUT2D eigenvalue weighted by molar-refractivity contribution is 6.04. The molecule has 0 unspecified atom stereocenters. The quantitative estimate of drug-likeness (QED) is 0.597. The van der Waals surface area contributed by atoms with Gasteiger partial charge in [-0.05, 0) is 49.8 Å². The lowest BCUT2D eigenvalue weighted by atomic mass is 10.0. The van der Waals surface area contributed by atoms with Crippen LogP contribution in [0, 0.1) is 6.92 Å². The minimum absolute atomic E-state index is 0.0127. The van der Waals surface area contributed by atoms with Gasteiger partial charge in [0.1, 0.15) is 6.04 Å². The molecule has 4 rings (SSSR count). The predicted molar refractivity (Wildman–Crippen MR) is 130 cm³/mol. The Kier molecular flexibility index (Phi) is 7.32. The van der Waals surface area contributed by atoms with E-state index in [1.54, 1.807) is 4.90 Å². The Morgan fingerprint density at radius 2 is 1.94 bits per heavy atom. The SMILES string of the molecule is Cc1cccc(CO[C@H](C)[C@H](CCC(N)=O)NC(=O)[C@@H]2Cc3cccc4c3N2C(=O)CCC4)c1. The number of hydrogen-bond donors (Lipinski definition) is 2. The van der Waals surface area contributed by atoms with Crippen molar-refractivity contribution >= 4 is 23.4 Å². The fraction of sp³-hybridized carbons (Fsp3) is 0.444. The summed E-state index contributed by atoms with van der Waals surface area (Å²) in [5.74, 6) is -0.662. The van der Waals surface area contributed by atoms with Crippen LogP contribution in [-0.4, -0.2) is 35.9 Å². The van der Waals surface area contributed by atoms with Crippen LogP contribution in [0.1, 0.15) is 54.9 Å². The molecule has 0 aliphatic carbocycles. The molecular formula is C27H33N3O4. The second-order valence-electron chi connectivity index (χ2n) is 9.39. The molecule has 0 spiro atoms. The first-order chi connectivity index (χ1) is 16.3. The van der Waals surface area contributed by atoms with Gasteiger partial charge in [-0.15, -0.1) is 0 Å². The van der Waals surface area contributed by atoms with E-state index in [0.717, 1.165) is 40.8 Å². The van der Waals surface area contributed by atoms with E-state index in [1.165, 1.54) is 0 Å². The van der Waals surface area contributed by atoms with Crippen molar-refractivity contribution in [3.63, 3.8) is 0 Å². The number of hydrogen-bond acceptors (Lipinski definition) is 4. The standard InChI is InChI=1S/C27H33N3O4/c1-17-6-3-7-19(14-17)16-34-18(2)22(12-13-24(28)31)29-27(33)23-15-21-10-4-8-20-9-5-11-25(32)30(23)26(20)21/h3-4,6-8,10,14,18,22-23H,5,9,11-13,15-16H2,1-2H3,(H2,28,31)(H,29,33)/t18-,22+,23+/m1/s1. The van der Waals surface area contributed by atoms with E-state index >= 15 is 0 Å². The fourth-order valence-corrected chi connectivity index (χ4v) is 4.98.